The molecular formula is C16H31N7O15P2. The number of phosphoric acid groups is 2. The highest BCUT2D eigenvalue weighted by Gasteiger charge is 2.47. The maximum atomic E-state index is 12.2. The van der Waals surface area contributed by atoms with E-state index >= 15 is 0 Å². The molecule has 2 aromatic rings. The first-order valence-corrected chi connectivity index (χ1v) is 13.7. The van der Waals surface area contributed by atoms with E-state index in [1.165, 1.54) is 10.9 Å². The highest BCUT2D eigenvalue weighted by atomic mass is 31.3. The zero-order valence-corrected chi connectivity index (χ0v) is 22.2. The van der Waals surface area contributed by atoms with E-state index in [0.717, 1.165) is 6.33 Å². The van der Waals surface area contributed by atoms with E-state index in [4.69, 9.17) is 15.2 Å². The Morgan fingerprint density at radius 1 is 0.825 bits per heavy atom. The van der Waals surface area contributed by atoms with E-state index in [1.807, 2.05) is 0 Å². The molecule has 0 spiro atoms. The van der Waals surface area contributed by atoms with Crippen LogP contribution in [0.1, 0.15) is 6.23 Å². The maximum absolute atomic E-state index is 12.2. The van der Waals surface area contributed by atoms with Crippen LogP contribution in [0, 0.1) is 0 Å². The Balaban J connectivity index is 0.00000280. The second-order valence-corrected chi connectivity index (χ2v) is 11.3. The first-order chi connectivity index (χ1) is 17.7. The minimum absolute atomic E-state index is 0. The largest absolute Gasteiger partial charge is 0.481 e. The van der Waals surface area contributed by atoms with Gasteiger partial charge in [-0.25, -0.2) is 24.1 Å². The number of fused-ring (bicyclic) bond motifs is 1. The van der Waals surface area contributed by atoms with E-state index in [1.54, 1.807) is 0 Å². The third kappa shape index (κ3) is 7.15. The molecule has 0 saturated carbocycles. The normalized spacial score (nSPS) is 35.4. The lowest BCUT2D eigenvalue weighted by atomic mass is 10.00. The van der Waals surface area contributed by atoms with Crippen molar-refractivity contribution in [3.8, 4) is 0 Å². The van der Waals surface area contributed by atoms with E-state index in [-0.39, 0.29) is 29.3 Å². The van der Waals surface area contributed by atoms with Gasteiger partial charge in [0.05, 0.1) is 19.5 Å². The molecule has 4 rings (SSSR count). The molecule has 2 unspecified atom stereocenters. The SMILES string of the molecule is N.N.Nc1ncnc2c1ncn2[C@@H]1O[C@H](COP(=O)(O)OP(=O)(O)OC[C@H]2O[C@@H](O)[C@H](O)[C@@H](O)[C@@H]2O)[C@@H](O)[C@H]1O. The van der Waals surface area contributed by atoms with Crippen LogP contribution in [0.25, 0.3) is 11.2 Å². The molecule has 22 nitrogen and oxygen atoms in total. The number of phosphoric ester groups is 2. The summed E-state index contributed by atoms with van der Waals surface area (Å²) in [5.74, 6) is 0.0465. The highest BCUT2D eigenvalue weighted by Crippen LogP contribution is 2.60. The lowest BCUT2D eigenvalue weighted by molar-refractivity contribution is -0.285. The predicted molar refractivity (Wildman–Crippen MR) is 127 cm³/mol. The van der Waals surface area contributed by atoms with Crippen molar-refractivity contribution in [2.75, 3.05) is 18.9 Å². The summed E-state index contributed by atoms with van der Waals surface area (Å²) in [5, 5.41) is 59.1. The second kappa shape index (κ2) is 13.0. The smallest absolute Gasteiger partial charge is 0.387 e. The molecule has 0 bridgehead atoms. The van der Waals surface area contributed by atoms with Crippen molar-refractivity contribution in [1.82, 2.24) is 31.8 Å². The minimum atomic E-state index is -5.38. The maximum Gasteiger partial charge on any atom is 0.481 e. The van der Waals surface area contributed by atoms with Crippen LogP contribution in [0.5, 0.6) is 0 Å². The second-order valence-electron chi connectivity index (χ2n) is 8.28. The molecule has 0 aromatic carbocycles. The van der Waals surface area contributed by atoms with Gasteiger partial charge in [0.15, 0.2) is 24.0 Å². The molecule has 11 atom stereocenters. The fourth-order valence-electron chi connectivity index (χ4n) is 3.73. The van der Waals surface area contributed by atoms with E-state index < -0.39 is 84.1 Å². The molecule has 230 valence electrons. The van der Waals surface area contributed by atoms with Crippen LogP contribution in [0.15, 0.2) is 12.7 Å². The van der Waals surface area contributed by atoms with Gasteiger partial charge in [-0.2, -0.15) is 4.31 Å². The molecule has 2 aliphatic rings. The number of rotatable bonds is 9. The van der Waals surface area contributed by atoms with E-state index in [2.05, 4.69) is 28.3 Å². The summed E-state index contributed by atoms with van der Waals surface area (Å²) in [5.41, 5.74) is 6.06. The quantitative estimate of drug-likeness (QED) is 0.120. The number of aliphatic hydroxyl groups excluding tert-OH is 6. The molecule has 0 aliphatic carbocycles. The van der Waals surface area contributed by atoms with Crippen LogP contribution in [0.4, 0.5) is 5.82 Å². The molecule has 40 heavy (non-hydrogen) atoms. The standard InChI is InChI=1S/C16H25N5O15P2.2H3N/c17-13-7-14(19-3-18-13)21(4-20-7)15-11(25)9(23)5(34-15)1-32-37(28,29)36-38(30,31)33-2-6-8(22)10(24)12(26)16(27)35-6;;/h3-6,8-12,15-16,22-27H,1-2H2,(H,28,29)(H,30,31)(H2,17,18,19);2*1H3/t5-,6-,8-,9-,10+,11-,12-,15-,16-;;/m1../s1. The summed E-state index contributed by atoms with van der Waals surface area (Å²) in [6, 6.07) is 0. The van der Waals surface area contributed by atoms with Crippen LogP contribution < -0.4 is 18.0 Å². The molecule has 16 N–H and O–H groups in total. The Hall–Kier alpha value is -1.79. The number of hydrogen-bond acceptors (Lipinski definition) is 19. The molecule has 0 radical (unpaired) electrons. The first kappa shape index (κ1) is 34.4. The van der Waals surface area contributed by atoms with Crippen molar-refractivity contribution in [2.24, 2.45) is 0 Å². The highest BCUT2D eigenvalue weighted by molar-refractivity contribution is 7.61. The zero-order chi connectivity index (χ0) is 28.0. The molecule has 0 amide bonds. The molecular weight excluding hydrogens is 592 g/mol. The topological polar surface area (TPSA) is 382 Å². The minimum Gasteiger partial charge on any atom is -0.387 e. The fraction of sp³-hybridized carbons (Fsp3) is 0.688. The number of nitrogens with zero attached hydrogens (tertiary/aromatic N) is 4. The molecule has 4 heterocycles. The van der Waals surface area contributed by atoms with Gasteiger partial charge < -0.3 is 67.9 Å². The van der Waals surface area contributed by atoms with Gasteiger partial charge in [0.2, 0.25) is 0 Å². The van der Waals surface area contributed by atoms with Gasteiger partial charge in [-0.3, -0.25) is 13.6 Å². The first-order valence-electron chi connectivity index (χ1n) is 10.7. The summed E-state index contributed by atoms with van der Waals surface area (Å²) < 4.78 is 49.0. The van der Waals surface area contributed by atoms with Crippen LogP contribution in [0.2, 0.25) is 0 Å². The Labute approximate surface area is 224 Å². The number of anilines is 1. The number of nitrogens with two attached hydrogens (primary N) is 1. The summed E-state index contributed by atoms with van der Waals surface area (Å²) in [6.45, 7) is -1.94. The third-order valence-corrected chi connectivity index (χ3v) is 8.30. The Kier molecular flexibility index (Phi) is 11.2. The lowest BCUT2D eigenvalue weighted by Crippen LogP contribution is -2.58. The van der Waals surface area contributed by atoms with E-state index in [0.29, 0.717) is 0 Å². The van der Waals surface area contributed by atoms with Crippen molar-refractivity contribution in [3.05, 3.63) is 12.7 Å². The number of ether oxygens (including phenoxy) is 2. The van der Waals surface area contributed by atoms with Crippen LogP contribution in [0.3, 0.4) is 0 Å². The van der Waals surface area contributed by atoms with Gasteiger partial charge in [-0.15, -0.1) is 0 Å². The number of nitrogen functional groups attached to an aromatic ring is 1. The summed E-state index contributed by atoms with van der Waals surface area (Å²) in [4.78, 5) is 31.4. The predicted octanol–water partition coefficient (Wildman–Crippen LogP) is -3.60. The number of hydrogen-bond donors (Lipinski definition) is 11. The van der Waals surface area contributed by atoms with Gasteiger partial charge >= 0.3 is 15.6 Å². The molecule has 2 aromatic heterocycles. The van der Waals surface area contributed by atoms with Gasteiger partial charge in [0, 0.05) is 0 Å². The number of imidazole rings is 1. The number of aromatic nitrogens is 4. The van der Waals surface area contributed by atoms with Gasteiger partial charge in [0.1, 0.15) is 54.6 Å². The monoisotopic (exact) mass is 623 g/mol. The average Bonchev–Trinajstić information content (AvgIpc) is 3.39. The third-order valence-electron chi connectivity index (χ3n) is 5.70. The molecule has 2 aliphatic heterocycles. The lowest BCUT2D eigenvalue weighted by Gasteiger charge is -2.38. The molecule has 2 fully saturated rings. The van der Waals surface area contributed by atoms with Crippen molar-refractivity contribution in [1.29, 1.82) is 0 Å². The van der Waals surface area contributed by atoms with Crippen LogP contribution >= 0.6 is 15.6 Å². The summed E-state index contributed by atoms with van der Waals surface area (Å²) in [7, 11) is -10.7. The van der Waals surface area contributed by atoms with Crippen molar-refractivity contribution in [3.63, 3.8) is 0 Å². The zero-order valence-electron chi connectivity index (χ0n) is 20.4. The van der Waals surface area contributed by atoms with Crippen molar-refractivity contribution in [2.45, 2.75) is 55.2 Å². The number of aliphatic hydroxyl groups is 6. The van der Waals surface area contributed by atoms with Crippen molar-refractivity contribution >= 4 is 32.6 Å². The molecule has 2 saturated heterocycles. The van der Waals surface area contributed by atoms with Gasteiger partial charge in [-0.1, -0.05) is 0 Å². The fourth-order valence-corrected chi connectivity index (χ4v) is 5.83. The van der Waals surface area contributed by atoms with E-state index in [9.17, 15) is 49.6 Å². The Morgan fingerprint density at radius 3 is 1.98 bits per heavy atom. The van der Waals surface area contributed by atoms with Crippen molar-refractivity contribution < 1.29 is 72.4 Å². The average molecular weight is 623 g/mol. The van der Waals surface area contributed by atoms with Gasteiger partial charge in [0.25, 0.3) is 0 Å². The van der Waals surface area contributed by atoms with Crippen LogP contribution in [-0.2, 0) is 32.0 Å². The Bertz CT molecular complexity index is 1240. The summed E-state index contributed by atoms with van der Waals surface area (Å²) >= 11 is 0. The Morgan fingerprint density at radius 2 is 1.38 bits per heavy atom. The summed E-state index contributed by atoms with van der Waals surface area (Å²) in [6.07, 6.45) is -12.8. The van der Waals surface area contributed by atoms with Gasteiger partial charge in [-0.05, 0) is 0 Å². The van der Waals surface area contributed by atoms with Crippen LogP contribution in [-0.4, -0.2) is 122 Å². The molecule has 24 heteroatoms.